The highest BCUT2D eigenvalue weighted by atomic mass is 35.5. The Morgan fingerprint density at radius 1 is 1.40 bits per heavy atom. The van der Waals surface area contributed by atoms with Crippen molar-refractivity contribution in [1.29, 1.82) is 0 Å². The summed E-state index contributed by atoms with van der Waals surface area (Å²) in [7, 11) is 0. The van der Waals surface area contributed by atoms with Crippen LogP contribution in [0.2, 0.25) is 5.15 Å². The Kier molecular flexibility index (Phi) is 6.68. The molecule has 1 saturated heterocycles. The first-order chi connectivity index (χ1) is 14.1. The normalized spacial score (nSPS) is 19.2. The van der Waals surface area contributed by atoms with Crippen LogP contribution in [0.25, 0.3) is 0 Å². The highest BCUT2D eigenvalue weighted by molar-refractivity contribution is 7.98. The highest BCUT2D eigenvalue weighted by Crippen LogP contribution is 2.34. The van der Waals surface area contributed by atoms with Crippen molar-refractivity contribution in [3.63, 3.8) is 0 Å². The standard InChI is InChI=1S/C19H20ClF2N3O4S/c1-19(2,3)16-12(8-28-25(16)18(26)27)29-14-7-13(20)23-17(24-14)30-9-10-5-4-6-11(21)15(10)22/h4-7,12,16H,8-9H2,1-3H3,(H,26,27)/t12?,16-/m1/s1. The number of hydrogen-bond donors (Lipinski definition) is 1. The van der Waals surface area contributed by atoms with Gasteiger partial charge in [-0.3, -0.25) is 4.84 Å². The number of aromatic nitrogens is 2. The number of thioether (sulfide) groups is 1. The number of nitrogens with zero attached hydrogens (tertiary/aromatic N) is 3. The third kappa shape index (κ3) is 5.11. The Hall–Kier alpha value is -2.17. The number of amides is 1. The summed E-state index contributed by atoms with van der Waals surface area (Å²) in [6.07, 6.45) is -1.83. The zero-order valence-corrected chi connectivity index (χ0v) is 18.0. The number of carboxylic acid groups (broad SMARTS) is 1. The molecule has 1 aromatic heterocycles. The first-order valence-corrected chi connectivity index (χ1v) is 10.3. The second-order valence-corrected chi connectivity index (χ2v) is 9.01. The lowest BCUT2D eigenvalue weighted by Gasteiger charge is -2.34. The van der Waals surface area contributed by atoms with Crippen LogP contribution < -0.4 is 4.74 Å². The average Bonchev–Trinajstić information content (AvgIpc) is 3.07. The van der Waals surface area contributed by atoms with E-state index in [1.807, 2.05) is 20.8 Å². The van der Waals surface area contributed by atoms with Gasteiger partial charge in [0, 0.05) is 17.4 Å². The van der Waals surface area contributed by atoms with Crippen molar-refractivity contribution in [3.8, 4) is 5.88 Å². The van der Waals surface area contributed by atoms with Crippen LogP contribution in [0, 0.1) is 17.0 Å². The molecule has 7 nitrogen and oxygen atoms in total. The Labute approximate surface area is 181 Å². The molecule has 1 unspecified atom stereocenters. The summed E-state index contributed by atoms with van der Waals surface area (Å²) in [6.45, 7) is 5.65. The molecule has 0 spiro atoms. The summed E-state index contributed by atoms with van der Waals surface area (Å²) < 4.78 is 33.1. The molecule has 1 amide bonds. The fraction of sp³-hybridized carbons (Fsp3) is 0.421. The molecule has 0 radical (unpaired) electrons. The number of rotatable bonds is 5. The van der Waals surface area contributed by atoms with Crippen molar-refractivity contribution in [2.45, 2.75) is 43.8 Å². The molecule has 30 heavy (non-hydrogen) atoms. The van der Waals surface area contributed by atoms with Gasteiger partial charge in [0.1, 0.15) is 23.9 Å². The number of hydrogen-bond acceptors (Lipinski definition) is 6. The van der Waals surface area contributed by atoms with E-state index in [9.17, 15) is 18.7 Å². The van der Waals surface area contributed by atoms with E-state index in [2.05, 4.69) is 9.97 Å². The monoisotopic (exact) mass is 459 g/mol. The Bertz CT molecular complexity index is 944. The lowest BCUT2D eigenvalue weighted by molar-refractivity contribution is -0.120. The molecular weight excluding hydrogens is 440 g/mol. The van der Waals surface area contributed by atoms with E-state index in [1.54, 1.807) is 0 Å². The van der Waals surface area contributed by atoms with Crippen molar-refractivity contribution >= 4 is 29.5 Å². The number of halogens is 3. The summed E-state index contributed by atoms with van der Waals surface area (Å²) in [4.78, 5) is 25.1. The van der Waals surface area contributed by atoms with Crippen LogP contribution in [0.3, 0.4) is 0 Å². The fourth-order valence-corrected chi connectivity index (χ4v) is 4.17. The van der Waals surface area contributed by atoms with Crippen molar-refractivity contribution in [2.75, 3.05) is 6.61 Å². The van der Waals surface area contributed by atoms with Crippen LogP contribution in [0.15, 0.2) is 29.4 Å². The maximum absolute atomic E-state index is 13.8. The number of carbonyl (C=O) groups is 1. The van der Waals surface area contributed by atoms with Crippen LogP contribution in [-0.2, 0) is 10.6 Å². The molecule has 1 aromatic carbocycles. The maximum atomic E-state index is 13.8. The van der Waals surface area contributed by atoms with Gasteiger partial charge in [0.05, 0.1) is 0 Å². The summed E-state index contributed by atoms with van der Waals surface area (Å²) >= 11 is 7.13. The number of hydroxylamine groups is 2. The molecule has 1 fully saturated rings. The topological polar surface area (TPSA) is 84.8 Å². The Morgan fingerprint density at radius 3 is 2.80 bits per heavy atom. The van der Waals surface area contributed by atoms with Crippen molar-refractivity contribution in [1.82, 2.24) is 15.0 Å². The van der Waals surface area contributed by atoms with Gasteiger partial charge >= 0.3 is 6.09 Å². The van der Waals surface area contributed by atoms with Gasteiger partial charge in [0.25, 0.3) is 0 Å². The van der Waals surface area contributed by atoms with E-state index in [0.717, 1.165) is 22.9 Å². The third-order valence-electron chi connectivity index (χ3n) is 4.37. The molecular formula is C19H20ClF2N3O4S. The van der Waals surface area contributed by atoms with E-state index < -0.39 is 35.3 Å². The van der Waals surface area contributed by atoms with Crippen molar-refractivity contribution < 1.29 is 28.3 Å². The van der Waals surface area contributed by atoms with Gasteiger partial charge in [-0.1, -0.05) is 56.3 Å². The third-order valence-corrected chi connectivity index (χ3v) is 5.46. The Balaban J connectivity index is 1.76. The summed E-state index contributed by atoms with van der Waals surface area (Å²) in [5.74, 6) is -1.63. The highest BCUT2D eigenvalue weighted by Gasteiger charge is 2.47. The summed E-state index contributed by atoms with van der Waals surface area (Å²) in [5, 5.41) is 10.6. The largest absolute Gasteiger partial charge is 0.469 e. The molecule has 2 atom stereocenters. The smallest absolute Gasteiger partial charge is 0.431 e. The molecule has 2 heterocycles. The van der Waals surface area contributed by atoms with E-state index in [4.69, 9.17) is 21.2 Å². The first kappa shape index (κ1) is 22.5. The summed E-state index contributed by atoms with van der Waals surface area (Å²) in [6, 6.07) is 4.75. The second-order valence-electron chi connectivity index (χ2n) is 7.68. The molecule has 1 N–H and O–H groups in total. The molecule has 162 valence electrons. The molecule has 0 saturated carbocycles. The quantitative estimate of drug-likeness (QED) is 0.391. The lowest BCUT2D eigenvalue weighted by Crippen LogP contribution is -2.48. The van der Waals surface area contributed by atoms with E-state index in [-0.39, 0.29) is 34.1 Å². The van der Waals surface area contributed by atoms with Gasteiger partial charge in [-0.25, -0.2) is 18.6 Å². The van der Waals surface area contributed by atoms with Gasteiger partial charge in [0.2, 0.25) is 5.88 Å². The van der Waals surface area contributed by atoms with E-state index in [0.29, 0.717) is 0 Å². The minimum atomic E-state index is -1.21. The summed E-state index contributed by atoms with van der Waals surface area (Å²) in [5.41, 5.74) is -0.303. The van der Waals surface area contributed by atoms with Crippen molar-refractivity contribution in [3.05, 3.63) is 46.6 Å². The van der Waals surface area contributed by atoms with Crippen LogP contribution >= 0.6 is 23.4 Å². The number of benzene rings is 1. The SMILES string of the molecule is CC(C)(C)[C@H]1C(Oc2cc(Cl)nc(SCc3cccc(F)c3F)n2)CON1C(=O)O. The molecule has 2 aromatic rings. The van der Waals surface area contributed by atoms with E-state index >= 15 is 0 Å². The molecule has 0 aliphatic carbocycles. The van der Waals surface area contributed by atoms with Gasteiger partial charge in [-0.15, -0.1) is 0 Å². The zero-order chi connectivity index (χ0) is 22.1. The molecule has 1 aliphatic heterocycles. The van der Waals surface area contributed by atoms with Crippen LogP contribution in [0.1, 0.15) is 26.3 Å². The van der Waals surface area contributed by atoms with Crippen LogP contribution in [0.5, 0.6) is 5.88 Å². The predicted molar refractivity (Wildman–Crippen MR) is 106 cm³/mol. The van der Waals surface area contributed by atoms with Gasteiger partial charge < -0.3 is 9.84 Å². The average molecular weight is 460 g/mol. The van der Waals surface area contributed by atoms with Crippen LogP contribution in [-0.4, -0.2) is 45.0 Å². The zero-order valence-electron chi connectivity index (χ0n) is 16.4. The minimum absolute atomic E-state index is 0.0207. The van der Waals surface area contributed by atoms with Gasteiger partial charge in [-0.05, 0) is 11.5 Å². The Morgan fingerprint density at radius 2 is 2.13 bits per heavy atom. The molecule has 0 bridgehead atoms. The van der Waals surface area contributed by atoms with E-state index in [1.165, 1.54) is 18.2 Å². The molecule has 3 rings (SSSR count). The second kappa shape index (κ2) is 8.91. The van der Waals surface area contributed by atoms with Crippen LogP contribution in [0.4, 0.5) is 13.6 Å². The van der Waals surface area contributed by atoms with Crippen molar-refractivity contribution in [2.24, 2.45) is 5.41 Å². The predicted octanol–water partition coefficient (Wildman–Crippen LogP) is 4.79. The minimum Gasteiger partial charge on any atom is -0.469 e. The van der Waals surface area contributed by atoms with Gasteiger partial charge in [-0.2, -0.15) is 10.0 Å². The fourth-order valence-electron chi connectivity index (χ4n) is 3.12. The van der Waals surface area contributed by atoms with Gasteiger partial charge in [0.15, 0.2) is 16.8 Å². The lowest BCUT2D eigenvalue weighted by atomic mass is 9.84. The number of ether oxygens (including phenoxy) is 1. The first-order valence-electron chi connectivity index (χ1n) is 8.98. The maximum Gasteiger partial charge on any atom is 0.431 e. The molecule has 1 aliphatic rings. The molecule has 11 heteroatoms.